The van der Waals surface area contributed by atoms with Crippen molar-refractivity contribution in [3.8, 4) is 0 Å². The normalized spacial score (nSPS) is 10.3. The summed E-state index contributed by atoms with van der Waals surface area (Å²) in [6.07, 6.45) is 3.34. The highest BCUT2D eigenvalue weighted by Gasteiger charge is 2.12. The van der Waals surface area contributed by atoms with Crippen LogP contribution in [0.4, 0.5) is 0 Å². The van der Waals surface area contributed by atoms with Gasteiger partial charge in [0.1, 0.15) is 0 Å². The van der Waals surface area contributed by atoms with Crippen molar-refractivity contribution in [3.05, 3.63) is 65.0 Å². The maximum Gasteiger partial charge on any atom is 0.255 e. The molecule has 0 bridgehead atoms. The summed E-state index contributed by atoms with van der Waals surface area (Å²) >= 11 is 0. The zero-order chi connectivity index (χ0) is 14.5. The van der Waals surface area contributed by atoms with Gasteiger partial charge in [-0.2, -0.15) is 0 Å². The first kappa shape index (κ1) is 14.2. The molecule has 0 atom stereocenters. The van der Waals surface area contributed by atoms with E-state index in [0.29, 0.717) is 18.7 Å². The summed E-state index contributed by atoms with van der Waals surface area (Å²) in [5.41, 5.74) is 9.37. The zero-order valence-corrected chi connectivity index (χ0v) is 11.8. The Morgan fingerprint density at radius 3 is 2.70 bits per heavy atom. The Hall–Kier alpha value is -2.20. The van der Waals surface area contributed by atoms with Crippen molar-refractivity contribution in [3.63, 3.8) is 0 Å². The van der Waals surface area contributed by atoms with E-state index in [1.165, 1.54) is 0 Å². The van der Waals surface area contributed by atoms with Gasteiger partial charge in [0.15, 0.2) is 0 Å². The van der Waals surface area contributed by atoms with Gasteiger partial charge in [0, 0.05) is 32.5 Å². The first-order chi connectivity index (χ1) is 9.60. The van der Waals surface area contributed by atoms with Crippen LogP contribution in [0.2, 0.25) is 0 Å². The molecular weight excluding hydrogens is 250 g/mol. The summed E-state index contributed by atoms with van der Waals surface area (Å²) in [6, 6.07) is 9.82. The van der Waals surface area contributed by atoms with E-state index in [1.807, 2.05) is 37.3 Å². The van der Waals surface area contributed by atoms with Crippen LogP contribution >= 0.6 is 0 Å². The van der Waals surface area contributed by atoms with E-state index in [0.717, 1.165) is 16.7 Å². The maximum absolute atomic E-state index is 12.3. The number of aromatic nitrogens is 1. The molecule has 20 heavy (non-hydrogen) atoms. The molecule has 2 aromatic rings. The number of hydrogen-bond acceptors (Lipinski definition) is 3. The minimum absolute atomic E-state index is 0.0284. The van der Waals surface area contributed by atoms with E-state index in [-0.39, 0.29) is 5.91 Å². The van der Waals surface area contributed by atoms with Crippen LogP contribution in [0.3, 0.4) is 0 Å². The highest BCUT2D eigenvalue weighted by molar-refractivity contribution is 5.93. The molecule has 1 amide bonds. The number of rotatable bonds is 4. The van der Waals surface area contributed by atoms with Gasteiger partial charge in [-0.05, 0) is 29.7 Å². The molecule has 4 heteroatoms. The van der Waals surface area contributed by atoms with Crippen molar-refractivity contribution < 1.29 is 4.79 Å². The summed E-state index contributed by atoms with van der Waals surface area (Å²) < 4.78 is 0. The van der Waals surface area contributed by atoms with E-state index < -0.39 is 0 Å². The van der Waals surface area contributed by atoms with E-state index in [1.54, 1.807) is 24.3 Å². The number of carbonyl (C=O) groups is 1. The number of benzene rings is 1. The fourth-order valence-corrected chi connectivity index (χ4v) is 2.09. The second-order valence-electron chi connectivity index (χ2n) is 4.94. The molecule has 0 unspecified atom stereocenters. The SMILES string of the molecule is Cc1cncc(C(=O)N(C)Cc2cccc(CN)c2)c1. The van der Waals surface area contributed by atoms with E-state index in [4.69, 9.17) is 5.73 Å². The Balaban J connectivity index is 2.11. The van der Waals surface area contributed by atoms with Crippen LogP contribution < -0.4 is 5.73 Å². The lowest BCUT2D eigenvalue weighted by atomic mass is 10.1. The molecule has 0 aliphatic rings. The maximum atomic E-state index is 12.3. The zero-order valence-electron chi connectivity index (χ0n) is 11.8. The Kier molecular flexibility index (Phi) is 4.48. The molecule has 2 N–H and O–H groups in total. The number of hydrogen-bond donors (Lipinski definition) is 1. The summed E-state index contributed by atoms with van der Waals surface area (Å²) in [5, 5.41) is 0. The Morgan fingerprint density at radius 2 is 2.00 bits per heavy atom. The number of carbonyl (C=O) groups excluding carboxylic acids is 1. The number of aryl methyl sites for hydroxylation is 1. The smallest absolute Gasteiger partial charge is 0.255 e. The monoisotopic (exact) mass is 269 g/mol. The molecular formula is C16H19N3O. The summed E-state index contributed by atoms with van der Waals surface area (Å²) in [4.78, 5) is 18.1. The van der Waals surface area contributed by atoms with Gasteiger partial charge in [-0.1, -0.05) is 24.3 Å². The first-order valence-electron chi connectivity index (χ1n) is 6.55. The largest absolute Gasteiger partial charge is 0.337 e. The lowest BCUT2D eigenvalue weighted by Gasteiger charge is -2.17. The summed E-state index contributed by atoms with van der Waals surface area (Å²) in [6.45, 7) is 2.99. The van der Waals surface area contributed by atoms with Crippen molar-refractivity contribution in [2.75, 3.05) is 7.05 Å². The Morgan fingerprint density at radius 1 is 1.25 bits per heavy atom. The third kappa shape index (κ3) is 3.42. The lowest BCUT2D eigenvalue weighted by Crippen LogP contribution is -2.26. The number of nitrogens with two attached hydrogens (primary N) is 1. The van der Waals surface area contributed by atoms with Crippen molar-refractivity contribution >= 4 is 5.91 Å². The Labute approximate surface area is 119 Å². The van der Waals surface area contributed by atoms with Crippen LogP contribution in [0.1, 0.15) is 27.0 Å². The predicted octanol–water partition coefficient (Wildman–Crippen LogP) is 2.12. The molecule has 0 aliphatic carbocycles. The first-order valence-corrected chi connectivity index (χ1v) is 6.55. The second-order valence-corrected chi connectivity index (χ2v) is 4.94. The number of pyridine rings is 1. The van der Waals surface area contributed by atoms with Crippen LogP contribution in [0.15, 0.2) is 42.7 Å². The summed E-state index contributed by atoms with van der Waals surface area (Å²) in [7, 11) is 1.79. The highest BCUT2D eigenvalue weighted by Crippen LogP contribution is 2.10. The van der Waals surface area contributed by atoms with E-state index in [2.05, 4.69) is 4.98 Å². The molecule has 0 saturated heterocycles. The predicted molar refractivity (Wildman–Crippen MR) is 79.1 cm³/mol. The molecule has 104 valence electrons. The molecule has 1 aromatic carbocycles. The van der Waals surface area contributed by atoms with Gasteiger partial charge in [-0.25, -0.2) is 0 Å². The third-order valence-electron chi connectivity index (χ3n) is 3.12. The summed E-state index contributed by atoms with van der Waals surface area (Å²) in [5.74, 6) is -0.0284. The van der Waals surface area contributed by atoms with Crippen LogP contribution in [0.5, 0.6) is 0 Å². The van der Waals surface area contributed by atoms with Crippen LogP contribution in [0.25, 0.3) is 0 Å². The van der Waals surface area contributed by atoms with Crippen molar-refractivity contribution in [2.24, 2.45) is 5.73 Å². The van der Waals surface area contributed by atoms with E-state index >= 15 is 0 Å². The van der Waals surface area contributed by atoms with E-state index in [9.17, 15) is 4.79 Å². The number of amides is 1. The molecule has 2 rings (SSSR count). The molecule has 1 heterocycles. The van der Waals surface area contributed by atoms with Gasteiger partial charge in [0.25, 0.3) is 5.91 Å². The third-order valence-corrected chi connectivity index (χ3v) is 3.12. The van der Waals surface area contributed by atoms with Gasteiger partial charge in [0.05, 0.1) is 5.56 Å². The van der Waals surface area contributed by atoms with Crippen LogP contribution in [-0.2, 0) is 13.1 Å². The van der Waals surface area contributed by atoms with Gasteiger partial charge in [0.2, 0.25) is 0 Å². The molecule has 0 aliphatic heterocycles. The fraction of sp³-hybridized carbons (Fsp3) is 0.250. The minimum atomic E-state index is -0.0284. The Bertz CT molecular complexity index is 610. The van der Waals surface area contributed by atoms with Gasteiger partial charge >= 0.3 is 0 Å². The lowest BCUT2D eigenvalue weighted by molar-refractivity contribution is 0.0784. The van der Waals surface area contributed by atoms with Crippen molar-refractivity contribution in [2.45, 2.75) is 20.0 Å². The van der Waals surface area contributed by atoms with Crippen molar-refractivity contribution in [1.82, 2.24) is 9.88 Å². The molecule has 0 spiro atoms. The second kappa shape index (κ2) is 6.30. The standard InChI is InChI=1S/C16H19N3O/c1-12-6-15(10-18-9-12)16(20)19(2)11-14-5-3-4-13(7-14)8-17/h3-7,9-10H,8,11,17H2,1-2H3. The topological polar surface area (TPSA) is 59.2 Å². The molecule has 0 radical (unpaired) electrons. The van der Waals surface area contributed by atoms with Crippen molar-refractivity contribution in [1.29, 1.82) is 0 Å². The van der Waals surface area contributed by atoms with Gasteiger partial charge in [-0.3, -0.25) is 9.78 Å². The number of nitrogens with zero attached hydrogens (tertiary/aromatic N) is 2. The van der Waals surface area contributed by atoms with Gasteiger partial charge < -0.3 is 10.6 Å². The average Bonchev–Trinajstić information content (AvgIpc) is 2.46. The molecule has 0 saturated carbocycles. The average molecular weight is 269 g/mol. The molecule has 4 nitrogen and oxygen atoms in total. The highest BCUT2D eigenvalue weighted by atomic mass is 16.2. The van der Waals surface area contributed by atoms with Crippen LogP contribution in [0, 0.1) is 6.92 Å². The minimum Gasteiger partial charge on any atom is -0.337 e. The fourth-order valence-electron chi connectivity index (χ4n) is 2.09. The molecule has 0 fully saturated rings. The molecule has 1 aromatic heterocycles. The quantitative estimate of drug-likeness (QED) is 0.925. The van der Waals surface area contributed by atoms with Gasteiger partial charge in [-0.15, -0.1) is 0 Å². The van der Waals surface area contributed by atoms with Crippen LogP contribution in [-0.4, -0.2) is 22.8 Å².